The molecule has 15 heavy (non-hydrogen) atoms. The molecule has 2 N–H and O–H groups in total. The quantitative estimate of drug-likeness (QED) is 0.805. The van der Waals surface area contributed by atoms with Crippen LogP contribution in [0.15, 0.2) is 36.5 Å². The lowest BCUT2D eigenvalue weighted by molar-refractivity contribution is 0.628. The first-order chi connectivity index (χ1) is 7.16. The fraction of sp³-hybridized carbons (Fsp3) is 0. The molecule has 0 bridgehead atoms. The van der Waals surface area contributed by atoms with Crippen molar-refractivity contribution in [2.45, 2.75) is 0 Å². The molecule has 0 spiro atoms. The van der Waals surface area contributed by atoms with Gasteiger partial charge in [0.15, 0.2) is 0 Å². The van der Waals surface area contributed by atoms with E-state index < -0.39 is 0 Å². The van der Waals surface area contributed by atoms with E-state index in [1.165, 1.54) is 12.1 Å². The summed E-state index contributed by atoms with van der Waals surface area (Å²) < 4.78 is 12.8. The van der Waals surface area contributed by atoms with Crippen LogP contribution in [-0.2, 0) is 0 Å². The van der Waals surface area contributed by atoms with E-state index in [-0.39, 0.29) is 5.82 Å². The van der Waals surface area contributed by atoms with Crippen LogP contribution in [0, 0.1) is 5.82 Å². The molecule has 0 saturated heterocycles. The molecule has 1 aromatic carbocycles. The molecular formula is C11H8ClFN2. The van der Waals surface area contributed by atoms with Gasteiger partial charge in [0.25, 0.3) is 0 Å². The summed E-state index contributed by atoms with van der Waals surface area (Å²) in [4.78, 5) is 4.11. The molecule has 1 aromatic heterocycles. The zero-order valence-electron chi connectivity index (χ0n) is 7.74. The monoisotopic (exact) mass is 222 g/mol. The summed E-state index contributed by atoms with van der Waals surface area (Å²) in [5, 5.41) is 0.327. The van der Waals surface area contributed by atoms with Gasteiger partial charge in [0.2, 0.25) is 0 Å². The standard InChI is InChI=1S/C11H8ClFN2/c12-10-5-7(13)1-2-9(10)11-6-8(14)3-4-15-11/h1-6H,(H2,14,15). The number of hydrogen-bond acceptors (Lipinski definition) is 2. The molecular weight excluding hydrogens is 215 g/mol. The number of pyridine rings is 1. The average Bonchev–Trinajstić information content (AvgIpc) is 2.17. The first-order valence-corrected chi connectivity index (χ1v) is 4.71. The summed E-state index contributed by atoms with van der Waals surface area (Å²) >= 11 is 5.90. The SMILES string of the molecule is Nc1ccnc(-c2ccc(F)cc2Cl)c1. The molecule has 0 atom stereocenters. The van der Waals surface area contributed by atoms with E-state index in [9.17, 15) is 4.39 Å². The third-order valence-corrected chi connectivity index (χ3v) is 2.30. The molecule has 0 amide bonds. The molecule has 4 heteroatoms. The smallest absolute Gasteiger partial charge is 0.124 e. The highest BCUT2D eigenvalue weighted by Crippen LogP contribution is 2.27. The van der Waals surface area contributed by atoms with Crippen LogP contribution in [0.2, 0.25) is 5.02 Å². The Labute approximate surface area is 91.5 Å². The first kappa shape index (κ1) is 9.93. The molecule has 0 unspecified atom stereocenters. The number of nitrogens with zero attached hydrogens (tertiary/aromatic N) is 1. The number of benzene rings is 1. The van der Waals surface area contributed by atoms with Crippen LogP contribution < -0.4 is 5.73 Å². The lowest BCUT2D eigenvalue weighted by Crippen LogP contribution is -1.89. The van der Waals surface area contributed by atoms with Gasteiger partial charge in [0.1, 0.15) is 5.82 Å². The molecule has 2 aromatic rings. The maximum Gasteiger partial charge on any atom is 0.124 e. The maximum absolute atomic E-state index is 12.8. The predicted octanol–water partition coefficient (Wildman–Crippen LogP) is 3.12. The summed E-state index contributed by atoms with van der Waals surface area (Å²) in [5.41, 5.74) is 7.53. The van der Waals surface area contributed by atoms with Gasteiger partial charge in [-0.25, -0.2) is 4.39 Å². The molecule has 0 aliphatic carbocycles. The molecule has 0 fully saturated rings. The van der Waals surface area contributed by atoms with Gasteiger partial charge < -0.3 is 5.73 Å². The number of rotatable bonds is 1. The molecule has 0 aliphatic heterocycles. The second-order valence-corrected chi connectivity index (χ2v) is 3.51. The van der Waals surface area contributed by atoms with Crippen LogP contribution in [0.5, 0.6) is 0 Å². The van der Waals surface area contributed by atoms with E-state index >= 15 is 0 Å². The molecule has 2 nitrogen and oxygen atoms in total. The van der Waals surface area contributed by atoms with Gasteiger partial charge in [-0.3, -0.25) is 4.98 Å². The van der Waals surface area contributed by atoms with Crippen molar-refractivity contribution in [3.05, 3.63) is 47.4 Å². The Kier molecular flexibility index (Phi) is 2.56. The van der Waals surface area contributed by atoms with Crippen LogP contribution in [0.4, 0.5) is 10.1 Å². The average molecular weight is 223 g/mol. The first-order valence-electron chi connectivity index (χ1n) is 4.34. The second-order valence-electron chi connectivity index (χ2n) is 3.10. The fourth-order valence-corrected chi connectivity index (χ4v) is 1.56. The molecule has 1 heterocycles. The van der Waals surface area contributed by atoms with Gasteiger partial charge in [0.05, 0.1) is 10.7 Å². The van der Waals surface area contributed by atoms with E-state index in [0.717, 1.165) is 0 Å². The lowest BCUT2D eigenvalue weighted by Gasteiger charge is -2.04. The lowest BCUT2D eigenvalue weighted by atomic mass is 10.1. The van der Waals surface area contributed by atoms with E-state index in [4.69, 9.17) is 17.3 Å². The van der Waals surface area contributed by atoms with Crippen molar-refractivity contribution >= 4 is 17.3 Å². The number of nitrogen functional groups attached to an aromatic ring is 1. The van der Waals surface area contributed by atoms with Gasteiger partial charge in [-0.05, 0) is 30.3 Å². The second kappa shape index (κ2) is 3.87. The van der Waals surface area contributed by atoms with Gasteiger partial charge in [0, 0.05) is 17.4 Å². The summed E-state index contributed by atoms with van der Waals surface area (Å²) in [5.74, 6) is -0.368. The van der Waals surface area contributed by atoms with E-state index in [0.29, 0.717) is 22.0 Å². The van der Waals surface area contributed by atoms with Gasteiger partial charge >= 0.3 is 0 Å². The van der Waals surface area contributed by atoms with Crippen molar-refractivity contribution in [1.29, 1.82) is 0 Å². The van der Waals surface area contributed by atoms with Crippen LogP contribution in [-0.4, -0.2) is 4.98 Å². The Hall–Kier alpha value is -1.61. The van der Waals surface area contributed by atoms with Crippen LogP contribution in [0.1, 0.15) is 0 Å². The predicted molar refractivity (Wildman–Crippen MR) is 59.1 cm³/mol. The van der Waals surface area contributed by atoms with E-state index in [1.807, 2.05) is 0 Å². The van der Waals surface area contributed by atoms with E-state index in [1.54, 1.807) is 24.4 Å². The number of aromatic nitrogens is 1. The number of hydrogen-bond donors (Lipinski definition) is 1. The minimum absolute atomic E-state index is 0.327. The van der Waals surface area contributed by atoms with Crippen molar-refractivity contribution in [3.63, 3.8) is 0 Å². The normalized spacial score (nSPS) is 10.3. The molecule has 0 saturated carbocycles. The molecule has 2 rings (SSSR count). The van der Waals surface area contributed by atoms with Crippen molar-refractivity contribution in [3.8, 4) is 11.3 Å². The minimum Gasteiger partial charge on any atom is -0.399 e. The Bertz CT molecular complexity index is 500. The highest BCUT2D eigenvalue weighted by Gasteiger charge is 2.05. The van der Waals surface area contributed by atoms with Crippen molar-refractivity contribution in [2.24, 2.45) is 0 Å². The Balaban J connectivity index is 2.54. The van der Waals surface area contributed by atoms with Crippen molar-refractivity contribution in [1.82, 2.24) is 4.98 Å². The molecule has 0 aliphatic rings. The number of halogens is 2. The summed E-state index contributed by atoms with van der Waals surface area (Å²) in [6.07, 6.45) is 1.59. The zero-order valence-corrected chi connectivity index (χ0v) is 8.50. The Morgan fingerprint density at radius 2 is 2.00 bits per heavy atom. The number of nitrogens with two attached hydrogens (primary N) is 1. The minimum atomic E-state index is -0.368. The highest BCUT2D eigenvalue weighted by molar-refractivity contribution is 6.33. The van der Waals surface area contributed by atoms with E-state index in [2.05, 4.69) is 4.98 Å². The van der Waals surface area contributed by atoms with Gasteiger partial charge in [-0.1, -0.05) is 11.6 Å². The topological polar surface area (TPSA) is 38.9 Å². The molecule has 76 valence electrons. The van der Waals surface area contributed by atoms with Crippen molar-refractivity contribution in [2.75, 3.05) is 5.73 Å². The van der Waals surface area contributed by atoms with Gasteiger partial charge in [-0.15, -0.1) is 0 Å². The van der Waals surface area contributed by atoms with Crippen LogP contribution >= 0.6 is 11.6 Å². The Morgan fingerprint density at radius 3 is 2.67 bits per heavy atom. The fourth-order valence-electron chi connectivity index (χ4n) is 1.29. The third kappa shape index (κ3) is 2.07. The van der Waals surface area contributed by atoms with Crippen LogP contribution in [0.25, 0.3) is 11.3 Å². The number of anilines is 1. The van der Waals surface area contributed by atoms with Gasteiger partial charge in [-0.2, -0.15) is 0 Å². The highest BCUT2D eigenvalue weighted by atomic mass is 35.5. The van der Waals surface area contributed by atoms with Crippen molar-refractivity contribution < 1.29 is 4.39 Å². The van der Waals surface area contributed by atoms with Crippen LogP contribution in [0.3, 0.4) is 0 Å². The zero-order chi connectivity index (χ0) is 10.8. The molecule has 0 radical (unpaired) electrons. The summed E-state index contributed by atoms with van der Waals surface area (Å²) in [7, 11) is 0. The summed E-state index contributed by atoms with van der Waals surface area (Å²) in [6, 6.07) is 7.55. The largest absolute Gasteiger partial charge is 0.399 e. The third-order valence-electron chi connectivity index (χ3n) is 1.99. The summed E-state index contributed by atoms with van der Waals surface area (Å²) in [6.45, 7) is 0. The Morgan fingerprint density at radius 1 is 1.20 bits per heavy atom. The maximum atomic E-state index is 12.8.